The molecule has 0 heterocycles. The van der Waals surface area contributed by atoms with Crippen molar-refractivity contribution in [3.05, 3.63) is 46.5 Å². The van der Waals surface area contributed by atoms with Crippen molar-refractivity contribution < 1.29 is 55.5 Å². The van der Waals surface area contributed by atoms with Crippen molar-refractivity contribution in [3.63, 3.8) is 0 Å². The Kier molecular flexibility index (Phi) is 9.56. The van der Waals surface area contributed by atoms with Gasteiger partial charge in [-0.3, -0.25) is 14.5 Å². The molecular weight excluding hydrogens is 463 g/mol. The zero-order valence-electron chi connectivity index (χ0n) is 19.2. The van der Waals surface area contributed by atoms with E-state index < -0.39 is 20.2 Å². The summed E-state index contributed by atoms with van der Waals surface area (Å²) in [6.07, 6.45) is 0.430. The second-order valence-corrected chi connectivity index (χ2v) is 10.4. The zero-order chi connectivity index (χ0) is 23.7. The van der Waals surface area contributed by atoms with Crippen LogP contribution < -0.4 is 29.6 Å². The molecule has 0 amide bonds. The molecule has 0 aromatic heterocycles. The van der Waals surface area contributed by atoms with Gasteiger partial charge in [-0.15, -0.1) is 0 Å². The van der Waals surface area contributed by atoms with Crippen molar-refractivity contribution in [1.29, 1.82) is 0 Å². The summed E-state index contributed by atoms with van der Waals surface area (Å²) >= 11 is 0. The van der Waals surface area contributed by atoms with Crippen molar-refractivity contribution in [1.82, 2.24) is 0 Å². The number of hydrogen-bond donors (Lipinski definition) is 1. The average molecular weight is 489 g/mol. The molecule has 2 rings (SSSR count). The van der Waals surface area contributed by atoms with E-state index in [0.717, 1.165) is 11.4 Å². The minimum Gasteiger partial charge on any atom is -0.744 e. The molecule has 0 spiro atoms. The normalized spacial score (nSPS) is 13.1. The Morgan fingerprint density at radius 2 is 1.09 bits per heavy atom. The van der Waals surface area contributed by atoms with Crippen LogP contribution in [-0.4, -0.2) is 37.4 Å². The van der Waals surface area contributed by atoms with Crippen LogP contribution >= 0.6 is 0 Å². The first-order valence-electron chi connectivity index (χ1n) is 9.34. The zero-order valence-corrected chi connectivity index (χ0v) is 22.8. The van der Waals surface area contributed by atoms with Crippen LogP contribution in [0.15, 0.2) is 44.0 Å². The average Bonchev–Trinajstić information content (AvgIpc) is 2.59. The summed E-state index contributed by atoms with van der Waals surface area (Å²) in [5.41, 5.74) is 5.07. The van der Waals surface area contributed by atoms with Crippen molar-refractivity contribution in [2.75, 3.05) is 0 Å². The van der Waals surface area contributed by atoms with Crippen molar-refractivity contribution in [3.8, 4) is 0 Å². The molecule has 2 aromatic carbocycles. The maximum atomic E-state index is 11.4. The number of rotatable bonds is 6. The van der Waals surface area contributed by atoms with Crippen LogP contribution in [0, 0.1) is 27.7 Å². The molecular formula is C21H25N2NaO6S2. The molecule has 1 N–H and O–H groups in total. The minimum absolute atomic E-state index is 0. The van der Waals surface area contributed by atoms with E-state index in [-0.39, 0.29) is 39.3 Å². The van der Waals surface area contributed by atoms with Gasteiger partial charge in [-0.25, -0.2) is 8.42 Å². The van der Waals surface area contributed by atoms with Crippen molar-refractivity contribution in [2.24, 2.45) is 9.98 Å². The summed E-state index contributed by atoms with van der Waals surface area (Å²) in [5.74, 6) is 0. The summed E-state index contributed by atoms with van der Waals surface area (Å²) in [6.45, 7) is 10.5. The molecule has 0 atom stereocenters. The van der Waals surface area contributed by atoms with Gasteiger partial charge < -0.3 is 4.55 Å². The van der Waals surface area contributed by atoms with Gasteiger partial charge in [0.1, 0.15) is 10.1 Å². The first kappa shape index (κ1) is 28.6. The fourth-order valence-corrected chi connectivity index (χ4v) is 4.60. The third kappa shape index (κ3) is 7.31. The summed E-state index contributed by atoms with van der Waals surface area (Å²) < 4.78 is 65.8. The van der Waals surface area contributed by atoms with E-state index in [4.69, 9.17) is 0 Å². The summed E-state index contributed by atoms with van der Waals surface area (Å²) in [7, 11) is -8.83. The number of hydrogen-bond acceptors (Lipinski definition) is 7. The SMILES string of the molecule is CC(CC(C)=Nc1c(C)cc(S(=O)(=O)O)cc1C)=Nc1c(C)cc(S(=O)(=O)[O-])cc1C.[Na+]. The molecule has 0 bridgehead atoms. The molecule has 0 unspecified atom stereocenters. The largest absolute Gasteiger partial charge is 1.00 e. The van der Waals surface area contributed by atoms with Gasteiger partial charge in [-0.1, -0.05) is 0 Å². The van der Waals surface area contributed by atoms with Crippen LogP contribution in [0.3, 0.4) is 0 Å². The Morgan fingerprint density at radius 1 is 0.781 bits per heavy atom. The molecule has 0 aliphatic heterocycles. The number of nitrogens with zero attached hydrogens (tertiary/aromatic N) is 2. The van der Waals surface area contributed by atoms with Crippen LogP contribution in [0.25, 0.3) is 0 Å². The Balaban J connectivity index is 0.00000512. The fraction of sp³-hybridized carbons (Fsp3) is 0.333. The molecule has 32 heavy (non-hydrogen) atoms. The Hall–Kier alpha value is -1.40. The van der Waals surface area contributed by atoms with Gasteiger partial charge >= 0.3 is 29.6 Å². The van der Waals surface area contributed by atoms with Gasteiger partial charge in [0.2, 0.25) is 0 Å². The van der Waals surface area contributed by atoms with Crippen LogP contribution in [0.2, 0.25) is 0 Å². The van der Waals surface area contributed by atoms with Gasteiger partial charge in [-0.05, 0) is 88.1 Å². The maximum Gasteiger partial charge on any atom is 1.00 e. The van der Waals surface area contributed by atoms with Crippen LogP contribution in [0.1, 0.15) is 42.5 Å². The van der Waals surface area contributed by atoms with Crippen molar-refractivity contribution in [2.45, 2.75) is 57.8 Å². The summed E-state index contributed by atoms with van der Waals surface area (Å²) in [6, 6.07) is 5.36. The van der Waals surface area contributed by atoms with E-state index in [2.05, 4.69) is 9.98 Å². The van der Waals surface area contributed by atoms with Gasteiger partial charge in [0.25, 0.3) is 10.1 Å². The minimum atomic E-state index is -4.54. The Labute approximate surface area is 211 Å². The molecule has 11 heteroatoms. The van der Waals surface area contributed by atoms with E-state index in [1.165, 1.54) is 24.3 Å². The fourth-order valence-electron chi connectivity index (χ4n) is 3.31. The molecule has 0 aliphatic rings. The quantitative estimate of drug-likeness (QED) is 0.370. The predicted octanol–water partition coefficient (Wildman–Crippen LogP) is 1.35. The molecule has 0 saturated heterocycles. The van der Waals surface area contributed by atoms with Gasteiger partial charge in [-0.2, -0.15) is 8.42 Å². The van der Waals surface area contributed by atoms with E-state index in [1.807, 2.05) is 13.8 Å². The van der Waals surface area contributed by atoms with Gasteiger partial charge in [0, 0.05) is 17.8 Å². The Bertz CT molecular complexity index is 1170. The predicted molar refractivity (Wildman–Crippen MR) is 120 cm³/mol. The van der Waals surface area contributed by atoms with E-state index in [1.54, 1.807) is 27.7 Å². The first-order valence-corrected chi connectivity index (χ1v) is 12.2. The molecule has 0 radical (unpaired) electrons. The van der Waals surface area contributed by atoms with Crippen LogP contribution in [0.4, 0.5) is 11.4 Å². The standard InChI is InChI=1S/C21H26N2O6S2.Na/c1-12-7-18(30(24,25)26)8-13(2)20(12)22-16(5)11-17(6)23-21-14(3)9-19(10-15(21)4)31(27,28)29;/h7-10H,11H2,1-6H3,(H,24,25,26)(H,27,28,29);/q;+1/p-1. The molecule has 0 saturated carbocycles. The number of aryl methyl sites for hydroxylation is 4. The molecule has 168 valence electrons. The molecule has 8 nitrogen and oxygen atoms in total. The summed E-state index contributed by atoms with van der Waals surface area (Å²) in [5, 5.41) is 0. The number of aliphatic imine (C=N–C) groups is 2. The van der Waals surface area contributed by atoms with Gasteiger partial charge in [0.05, 0.1) is 21.2 Å². The topological polar surface area (TPSA) is 136 Å². The monoisotopic (exact) mass is 488 g/mol. The van der Waals surface area contributed by atoms with E-state index >= 15 is 0 Å². The van der Waals surface area contributed by atoms with Crippen molar-refractivity contribution >= 4 is 43.0 Å². The van der Waals surface area contributed by atoms with Crippen LogP contribution in [0.5, 0.6) is 0 Å². The second kappa shape index (κ2) is 10.7. The van der Waals surface area contributed by atoms with E-state index in [9.17, 15) is 25.9 Å². The molecule has 0 aliphatic carbocycles. The van der Waals surface area contributed by atoms with E-state index in [0.29, 0.717) is 40.0 Å². The molecule has 2 aromatic rings. The third-order valence-electron chi connectivity index (χ3n) is 4.63. The first-order chi connectivity index (χ1) is 14.1. The van der Waals surface area contributed by atoms with Crippen LogP contribution in [-0.2, 0) is 20.2 Å². The smallest absolute Gasteiger partial charge is 0.744 e. The third-order valence-corrected chi connectivity index (χ3v) is 6.28. The summed E-state index contributed by atoms with van der Waals surface area (Å²) in [4.78, 5) is 8.72. The maximum absolute atomic E-state index is 11.4. The number of benzene rings is 2. The second-order valence-electron chi connectivity index (χ2n) is 7.61. The Morgan fingerprint density at radius 3 is 1.38 bits per heavy atom. The van der Waals surface area contributed by atoms with Gasteiger partial charge in [0.15, 0.2) is 0 Å². The molecule has 0 fully saturated rings.